The van der Waals surface area contributed by atoms with Crippen LogP contribution in [0.1, 0.15) is 23.2 Å². The van der Waals surface area contributed by atoms with Crippen LogP contribution >= 0.6 is 0 Å². The van der Waals surface area contributed by atoms with Gasteiger partial charge in [0, 0.05) is 6.42 Å². The van der Waals surface area contributed by atoms with Crippen LogP contribution in [0.15, 0.2) is 12.1 Å². The van der Waals surface area contributed by atoms with Gasteiger partial charge in [-0.05, 0) is 18.6 Å². The summed E-state index contributed by atoms with van der Waals surface area (Å²) in [5.41, 5.74) is 0.0159. The molecular formula is C13H15FO5. The van der Waals surface area contributed by atoms with Crippen LogP contribution in [0.4, 0.5) is 4.39 Å². The van der Waals surface area contributed by atoms with Crippen LogP contribution in [0.25, 0.3) is 0 Å². The Kier molecular flexibility index (Phi) is 4.21. The second kappa shape index (κ2) is 5.88. The summed E-state index contributed by atoms with van der Waals surface area (Å²) in [6.45, 7) is 0.601. The molecule has 1 heterocycles. The monoisotopic (exact) mass is 270 g/mol. The molecule has 104 valence electrons. The molecule has 0 radical (unpaired) electrons. The number of esters is 1. The van der Waals surface area contributed by atoms with Gasteiger partial charge in [-0.15, -0.1) is 0 Å². The third kappa shape index (κ3) is 2.78. The lowest BCUT2D eigenvalue weighted by molar-refractivity contribution is -0.0413. The van der Waals surface area contributed by atoms with Gasteiger partial charge in [0.05, 0.1) is 20.8 Å². The van der Waals surface area contributed by atoms with E-state index in [1.165, 1.54) is 26.4 Å². The Morgan fingerprint density at radius 3 is 2.79 bits per heavy atom. The first-order valence-corrected chi connectivity index (χ1v) is 5.90. The fourth-order valence-electron chi connectivity index (χ4n) is 1.88. The van der Waals surface area contributed by atoms with Gasteiger partial charge in [-0.25, -0.2) is 4.79 Å². The largest absolute Gasteiger partial charge is 0.493 e. The molecule has 0 amide bonds. The Morgan fingerprint density at radius 1 is 1.42 bits per heavy atom. The summed E-state index contributed by atoms with van der Waals surface area (Å²) in [4.78, 5) is 11.5. The number of ether oxygens (including phenoxy) is 4. The van der Waals surface area contributed by atoms with Gasteiger partial charge in [0.2, 0.25) is 5.82 Å². The third-order valence-corrected chi connectivity index (χ3v) is 2.82. The summed E-state index contributed by atoms with van der Waals surface area (Å²) < 4.78 is 34.3. The zero-order valence-electron chi connectivity index (χ0n) is 10.8. The van der Waals surface area contributed by atoms with Gasteiger partial charge in [-0.1, -0.05) is 0 Å². The molecule has 1 aromatic carbocycles. The normalized spacial score (nSPS) is 18.2. The summed E-state index contributed by atoms with van der Waals surface area (Å²) in [5.74, 6) is -1.60. The van der Waals surface area contributed by atoms with E-state index < -0.39 is 18.1 Å². The fourth-order valence-corrected chi connectivity index (χ4v) is 1.88. The van der Waals surface area contributed by atoms with Crippen LogP contribution in [0.3, 0.4) is 0 Å². The van der Waals surface area contributed by atoms with Crippen molar-refractivity contribution >= 4 is 5.97 Å². The Morgan fingerprint density at radius 2 is 2.21 bits per heavy atom. The summed E-state index contributed by atoms with van der Waals surface area (Å²) in [6, 6.07) is 2.77. The Balaban J connectivity index is 2.28. The van der Waals surface area contributed by atoms with E-state index in [0.29, 0.717) is 13.0 Å². The molecule has 19 heavy (non-hydrogen) atoms. The topological polar surface area (TPSA) is 54.0 Å². The molecule has 1 unspecified atom stereocenters. The van der Waals surface area contributed by atoms with Crippen LogP contribution in [-0.4, -0.2) is 33.1 Å². The molecule has 2 rings (SSSR count). The quantitative estimate of drug-likeness (QED) is 0.784. The average molecular weight is 270 g/mol. The minimum Gasteiger partial charge on any atom is -0.493 e. The number of hydrogen-bond acceptors (Lipinski definition) is 5. The molecule has 0 saturated carbocycles. The van der Waals surface area contributed by atoms with Crippen molar-refractivity contribution in [2.75, 3.05) is 20.8 Å². The molecule has 0 aromatic heterocycles. The molecule has 0 bridgehead atoms. The van der Waals surface area contributed by atoms with Crippen molar-refractivity contribution in [2.45, 2.75) is 19.1 Å². The lowest BCUT2D eigenvalue weighted by Gasteiger charge is -2.15. The smallest absolute Gasteiger partial charge is 0.341 e. The first-order valence-electron chi connectivity index (χ1n) is 5.90. The predicted molar refractivity (Wildman–Crippen MR) is 63.9 cm³/mol. The lowest BCUT2D eigenvalue weighted by Crippen LogP contribution is -2.15. The van der Waals surface area contributed by atoms with Crippen LogP contribution in [0.2, 0.25) is 0 Å². The maximum atomic E-state index is 14.2. The van der Waals surface area contributed by atoms with E-state index >= 15 is 0 Å². The van der Waals surface area contributed by atoms with E-state index in [2.05, 4.69) is 4.74 Å². The summed E-state index contributed by atoms with van der Waals surface area (Å²) in [5, 5.41) is 0. The number of halogens is 1. The van der Waals surface area contributed by atoms with E-state index in [9.17, 15) is 9.18 Å². The van der Waals surface area contributed by atoms with Crippen LogP contribution in [0, 0.1) is 5.82 Å². The molecule has 1 aromatic rings. The molecule has 0 aliphatic carbocycles. The van der Waals surface area contributed by atoms with E-state index in [0.717, 1.165) is 6.42 Å². The van der Waals surface area contributed by atoms with Crippen LogP contribution < -0.4 is 9.47 Å². The molecule has 1 atom stereocenters. The molecule has 1 aliphatic rings. The summed E-state index contributed by atoms with van der Waals surface area (Å²) >= 11 is 0. The highest BCUT2D eigenvalue weighted by Gasteiger charge is 2.24. The van der Waals surface area contributed by atoms with Crippen molar-refractivity contribution in [3.05, 3.63) is 23.5 Å². The number of carbonyl (C=O) groups is 1. The number of rotatable bonds is 4. The second-order valence-electron chi connectivity index (χ2n) is 4.01. The van der Waals surface area contributed by atoms with Crippen molar-refractivity contribution in [1.82, 2.24) is 0 Å². The van der Waals surface area contributed by atoms with Crippen molar-refractivity contribution in [3.63, 3.8) is 0 Å². The first-order chi connectivity index (χ1) is 9.17. The number of benzene rings is 1. The highest BCUT2D eigenvalue weighted by Crippen LogP contribution is 2.32. The van der Waals surface area contributed by atoms with Gasteiger partial charge in [-0.3, -0.25) is 0 Å². The van der Waals surface area contributed by atoms with Gasteiger partial charge < -0.3 is 18.9 Å². The van der Waals surface area contributed by atoms with Crippen LogP contribution in [0.5, 0.6) is 11.5 Å². The van der Waals surface area contributed by atoms with E-state index in [-0.39, 0.29) is 17.1 Å². The second-order valence-corrected chi connectivity index (χ2v) is 4.01. The highest BCUT2D eigenvalue weighted by atomic mass is 19.1. The Labute approximate surface area is 110 Å². The van der Waals surface area contributed by atoms with E-state index in [1.807, 2.05) is 0 Å². The maximum Gasteiger partial charge on any atom is 0.341 e. The average Bonchev–Trinajstić information content (AvgIpc) is 2.93. The maximum absolute atomic E-state index is 14.2. The van der Waals surface area contributed by atoms with Crippen molar-refractivity contribution < 1.29 is 28.1 Å². The first kappa shape index (κ1) is 13.6. The lowest BCUT2D eigenvalue weighted by atomic mass is 10.2. The molecule has 1 aliphatic heterocycles. The Hall–Kier alpha value is -1.82. The van der Waals surface area contributed by atoms with Gasteiger partial charge in [0.25, 0.3) is 0 Å². The number of methoxy groups -OCH3 is 2. The third-order valence-electron chi connectivity index (χ3n) is 2.82. The molecular weight excluding hydrogens is 255 g/mol. The van der Waals surface area contributed by atoms with Gasteiger partial charge in [-0.2, -0.15) is 4.39 Å². The molecule has 6 heteroatoms. The highest BCUT2D eigenvalue weighted by molar-refractivity contribution is 5.92. The number of hydrogen-bond donors (Lipinski definition) is 0. The van der Waals surface area contributed by atoms with Crippen LogP contribution in [-0.2, 0) is 9.47 Å². The summed E-state index contributed by atoms with van der Waals surface area (Å²) in [7, 11) is 2.50. The minimum absolute atomic E-state index is 0.00333. The molecule has 1 saturated heterocycles. The van der Waals surface area contributed by atoms with Gasteiger partial charge in [0.15, 0.2) is 17.8 Å². The fraction of sp³-hybridized carbons (Fsp3) is 0.462. The van der Waals surface area contributed by atoms with Gasteiger partial charge >= 0.3 is 5.97 Å². The van der Waals surface area contributed by atoms with E-state index in [1.54, 1.807) is 0 Å². The zero-order valence-corrected chi connectivity index (χ0v) is 10.8. The SMILES string of the molecule is COC(=O)c1ccc(OC2CCCO2)c(F)c1OC. The van der Waals surface area contributed by atoms with E-state index in [4.69, 9.17) is 14.2 Å². The molecule has 1 fully saturated rings. The predicted octanol–water partition coefficient (Wildman–Crippen LogP) is 2.14. The number of carbonyl (C=O) groups excluding carboxylic acids is 1. The zero-order chi connectivity index (χ0) is 13.8. The minimum atomic E-state index is -0.735. The summed E-state index contributed by atoms with van der Waals surface area (Å²) in [6.07, 6.45) is 1.13. The Bertz CT molecular complexity index is 468. The van der Waals surface area contributed by atoms with Crippen molar-refractivity contribution in [1.29, 1.82) is 0 Å². The van der Waals surface area contributed by atoms with Crippen molar-refractivity contribution in [2.24, 2.45) is 0 Å². The standard InChI is InChI=1S/C13H15FO5/c1-16-12-8(13(15)17-2)5-6-9(11(12)14)19-10-4-3-7-18-10/h5-6,10H,3-4,7H2,1-2H3. The molecule has 0 N–H and O–H groups in total. The molecule has 5 nitrogen and oxygen atoms in total. The van der Waals surface area contributed by atoms with Crippen molar-refractivity contribution in [3.8, 4) is 11.5 Å². The van der Waals surface area contributed by atoms with Gasteiger partial charge in [0.1, 0.15) is 5.56 Å². The molecule has 0 spiro atoms.